The van der Waals surface area contributed by atoms with E-state index in [9.17, 15) is 5.26 Å². The van der Waals surface area contributed by atoms with Gasteiger partial charge in [-0.15, -0.1) is 0 Å². The van der Waals surface area contributed by atoms with Gasteiger partial charge in [0.05, 0.1) is 11.5 Å². The number of hydrogen-bond donors (Lipinski definition) is 0. The van der Waals surface area contributed by atoms with E-state index in [-0.39, 0.29) is 5.41 Å². The van der Waals surface area contributed by atoms with Crippen molar-refractivity contribution in [2.45, 2.75) is 110 Å². The number of nitriles is 1. The Morgan fingerprint density at radius 1 is 0.962 bits per heavy atom. The van der Waals surface area contributed by atoms with Crippen molar-refractivity contribution >= 4 is 0 Å². The second kappa shape index (κ2) is 9.43. The van der Waals surface area contributed by atoms with Crippen LogP contribution in [0.25, 0.3) is 0 Å². The van der Waals surface area contributed by atoms with Gasteiger partial charge in [0.15, 0.2) is 0 Å². The van der Waals surface area contributed by atoms with Gasteiger partial charge in [-0.1, -0.05) is 64.0 Å². The summed E-state index contributed by atoms with van der Waals surface area (Å²) in [5.74, 6) is 3.77. The van der Waals surface area contributed by atoms with Gasteiger partial charge in [0.1, 0.15) is 0 Å². The molecule has 0 amide bonds. The minimum Gasteiger partial charge on any atom is -0.197 e. The van der Waals surface area contributed by atoms with Crippen molar-refractivity contribution in [1.29, 1.82) is 5.26 Å². The fourth-order valence-electron chi connectivity index (χ4n) is 6.26. The predicted molar refractivity (Wildman–Crippen MR) is 111 cm³/mol. The van der Waals surface area contributed by atoms with Crippen LogP contribution in [0, 0.1) is 40.4 Å². The molecule has 2 fully saturated rings. The van der Waals surface area contributed by atoms with Crippen LogP contribution in [-0.4, -0.2) is 0 Å². The molecule has 0 aromatic carbocycles. The normalized spacial score (nSPS) is 38.4. The fraction of sp³-hybridized carbons (Fsp3) is 0.880. The first kappa shape index (κ1) is 20.0. The summed E-state index contributed by atoms with van der Waals surface area (Å²) in [6.45, 7) is 4.65. The van der Waals surface area contributed by atoms with E-state index in [0.29, 0.717) is 0 Å². The Hall–Kier alpha value is -0.770. The number of hydrogen-bond acceptors (Lipinski definition) is 1. The largest absolute Gasteiger partial charge is 0.197 e. The number of rotatable bonds is 6. The molecule has 0 spiro atoms. The van der Waals surface area contributed by atoms with Gasteiger partial charge in [0.2, 0.25) is 0 Å². The smallest absolute Gasteiger partial charge is 0.0782 e. The van der Waals surface area contributed by atoms with Crippen LogP contribution in [0.1, 0.15) is 110 Å². The van der Waals surface area contributed by atoms with Gasteiger partial charge in [-0.25, -0.2) is 0 Å². The van der Waals surface area contributed by atoms with Gasteiger partial charge in [-0.2, -0.15) is 5.26 Å². The van der Waals surface area contributed by atoms with E-state index in [1.807, 2.05) is 0 Å². The van der Waals surface area contributed by atoms with Crippen LogP contribution in [0.2, 0.25) is 0 Å². The number of allylic oxidation sites excluding steroid dienone is 2. The molecule has 1 nitrogen and oxygen atoms in total. The van der Waals surface area contributed by atoms with E-state index in [1.165, 1.54) is 89.0 Å². The van der Waals surface area contributed by atoms with Gasteiger partial charge < -0.3 is 0 Å². The maximum Gasteiger partial charge on any atom is 0.0782 e. The molecule has 0 aromatic rings. The molecule has 1 heteroatoms. The number of nitrogens with zero attached hydrogens (tertiary/aromatic N) is 1. The molecule has 3 aliphatic rings. The molecule has 3 aliphatic carbocycles. The van der Waals surface area contributed by atoms with Crippen LogP contribution in [0.15, 0.2) is 11.6 Å². The molecular weight excluding hydrogens is 314 g/mol. The van der Waals surface area contributed by atoms with Crippen molar-refractivity contribution in [3.05, 3.63) is 11.6 Å². The SMILES string of the molecule is CCCCC1CC=C(C2(C#N)CCC(C3CCC(CC)CC3)CC2)CC1. The molecule has 1 atom stereocenters. The van der Waals surface area contributed by atoms with Crippen LogP contribution in [0.4, 0.5) is 0 Å². The van der Waals surface area contributed by atoms with Crippen molar-refractivity contribution in [3.63, 3.8) is 0 Å². The van der Waals surface area contributed by atoms with E-state index in [2.05, 4.69) is 26.0 Å². The van der Waals surface area contributed by atoms with Gasteiger partial charge in [-0.3, -0.25) is 0 Å². The zero-order chi connectivity index (χ0) is 18.4. The second-order valence-electron chi connectivity index (χ2n) is 9.73. The third-order valence-electron chi connectivity index (χ3n) is 8.33. The Labute approximate surface area is 162 Å². The number of unbranched alkanes of at least 4 members (excludes halogenated alkanes) is 1. The monoisotopic (exact) mass is 355 g/mol. The third-order valence-corrected chi connectivity index (χ3v) is 8.33. The van der Waals surface area contributed by atoms with Crippen molar-refractivity contribution in [2.24, 2.45) is 29.1 Å². The van der Waals surface area contributed by atoms with E-state index < -0.39 is 0 Å². The van der Waals surface area contributed by atoms with Gasteiger partial charge in [0.25, 0.3) is 0 Å². The lowest BCUT2D eigenvalue weighted by Gasteiger charge is -2.42. The lowest BCUT2D eigenvalue weighted by molar-refractivity contribution is 0.132. The second-order valence-corrected chi connectivity index (χ2v) is 9.73. The summed E-state index contributed by atoms with van der Waals surface area (Å²) in [4.78, 5) is 0. The molecule has 0 aliphatic heterocycles. The van der Waals surface area contributed by atoms with Crippen LogP contribution >= 0.6 is 0 Å². The lowest BCUT2D eigenvalue weighted by atomic mass is 9.61. The zero-order valence-electron chi connectivity index (χ0n) is 17.4. The predicted octanol–water partition coefficient (Wildman–Crippen LogP) is 7.82. The summed E-state index contributed by atoms with van der Waals surface area (Å²) in [7, 11) is 0. The minimum absolute atomic E-state index is 0.0904. The highest BCUT2D eigenvalue weighted by atomic mass is 14.5. The molecule has 0 N–H and O–H groups in total. The first-order chi connectivity index (χ1) is 12.7. The first-order valence-corrected chi connectivity index (χ1v) is 11.8. The Bertz CT molecular complexity index is 495. The summed E-state index contributed by atoms with van der Waals surface area (Å²) < 4.78 is 0. The molecule has 3 rings (SSSR count). The quantitative estimate of drug-likeness (QED) is 0.445. The van der Waals surface area contributed by atoms with E-state index in [0.717, 1.165) is 36.5 Å². The van der Waals surface area contributed by atoms with Crippen LogP contribution in [-0.2, 0) is 0 Å². The van der Waals surface area contributed by atoms with Crippen molar-refractivity contribution in [3.8, 4) is 6.07 Å². The van der Waals surface area contributed by atoms with Gasteiger partial charge in [0, 0.05) is 0 Å². The molecule has 0 aromatic heterocycles. The highest BCUT2D eigenvalue weighted by molar-refractivity contribution is 5.26. The van der Waals surface area contributed by atoms with E-state index >= 15 is 0 Å². The average Bonchev–Trinajstić information content (AvgIpc) is 2.73. The minimum atomic E-state index is -0.0904. The molecule has 146 valence electrons. The fourth-order valence-corrected chi connectivity index (χ4v) is 6.26. The molecule has 0 radical (unpaired) electrons. The topological polar surface area (TPSA) is 23.8 Å². The Morgan fingerprint density at radius 2 is 1.65 bits per heavy atom. The average molecular weight is 356 g/mol. The summed E-state index contributed by atoms with van der Waals surface area (Å²) >= 11 is 0. The molecule has 0 saturated heterocycles. The van der Waals surface area contributed by atoms with Gasteiger partial charge >= 0.3 is 0 Å². The Morgan fingerprint density at radius 3 is 2.19 bits per heavy atom. The maximum absolute atomic E-state index is 10.1. The third kappa shape index (κ3) is 4.55. The van der Waals surface area contributed by atoms with Crippen LogP contribution < -0.4 is 0 Å². The molecule has 0 bridgehead atoms. The molecule has 2 saturated carbocycles. The Kier molecular flexibility index (Phi) is 7.25. The van der Waals surface area contributed by atoms with Crippen molar-refractivity contribution in [1.82, 2.24) is 0 Å². The molecule has 26 heavy (non-hydrogen) atoms. The molecule has 1 unspecified atom stereocenters. The first-order valence-electron chi connectivity index (χ1n) is 11.8. The van der Waals surface area contributed by atoms with Crippen molar-refractivity contribution < 1.29 is 0 Å². The van der Waals surface area contributed by atoms with E-state index in [1.54, 1.807) is 0 Å². The Balaban J connectivity index is 1.53. The molecule has 0 heterocycles. The highest BCUT2D eigenvalue weighted by Gasteiger charge is 2.41. The summed E-state index contributed by atoms with van der Waals surface area (Å²) in [5, 5.41) is 10.1. The van der Waals surface area contributed by atoms with Crippen LogP contribution in [0.5, 0.6) is 0 Å². The van der Waals surface area contributed by atoms with Crippen LogP contribution in [0.3, 0.4) is 0 Å². The molecular formula is C25H41N. The highest BCUT2D eigenvalue weighted by Crippen LogP contribution is 2.51. The van der Waals surface area contributed by atoms with Crippen molar-refractivity contribution in [2.75, 3.05) is 0 Å². The zero-order valence-corrected chi connectivity index (χ0v) is 17.4. The van der Waals surface area contributed by atoms with Gasteiger partial charge in [-0.05, 0) is 81.5 Å². The standard InChI is InChI=1S/C25H41N/c1-3-5-6-21-9-13-24(14-10-21)25(19-26)17-15-23(16-18-25)22-11-7-20(4-2)8-12-22/h13,20-23H,3-12,14-18H2,1-2H3. The summed E-state index contributed by atoms with van der Waals surface area (Å²) in [6, 6.07) is 2.82. The lowest BCUT2D eigenvalue weighted by Crippen LogP contribution is -2.33. The summed E-state index contributed by atoms with van der Waals surface area (Å²) in [5.41, 5.74) is 1.44. The van der Waals surface area contributed by atoms with E-state index in [4.69, 9.17) is 0 Å². The maximum atomic E-state index is 10.1. The summed E-state index contributed by atoms with van der Waals surface area (Å²) in [6.07, 6.45) is 22.5.